The van der Waals surface area contributed by atoms with Crippen molar-refractivity contribution in [1.82, 2.24) is 0 Å². The molecule has 0 saturated carbocycles. The Labute approximate surface area is 287 Å². The monoisotopic (exact) mass is 682 g/mol. The van der Waals surface area contributed by atoms with Crippen molar-refractivity contribution in [3.05, 3.63) is 154 Å². The second-order valence-electron chi connectivity index (χ2n) is 12.1. The van der Waals surface area contributed by atoms with Crippen LogP contribution in [-0.4, -0.2) is 3.21 Å². The van der Waals surface area contributed by atoms with Crippen LogP contribution in [0.2, 0.25) is 0 Å². The Morgan fingerprint density at radius 3 is 1.84 bits per heavy atom. The molecule has 0 fully saturated rings. The second-order valence-corrected chi connectivity index (χ2v) is 13.3. The van der Waals surface area contributed by atoms with Gasteiger partial charge < -0.3 is 24.8 Å². The molecule has 0 amide bonds. The minimum atomic E-state index is 0. The number of rotatable bonds is 3. The maximum atomic E-state index is 3.48. The van der Waals surface area contributed by atoms with Crippen LogP contribution in [0.5, 0.6) is 0 Å². The van der Waals surface area contributed by atoms with E-state index in [1.54, 1.807) is 0 Å². The van der Waals surface area contributed by atoms with Gasteiger partial charge in [-0.2, -0.15) is 41.5 Å². The maximum absolute atomic E-state index is 3.48. The summed E-state index contributed by atoms with van der Waals surface area (Å²) in [4.78, 5) is 0. The van der Waals surface area contributed by atoms with Crippen molar-refractivity contribution in [2.45, 2.75) is 61.3 Å². The zero-order valence-electron chi connectivity index (χ0n) is 26.5. The first kappa shape index (κ1) is 36.9. The Morgan fingerprint density at radius 2 is 1.33 bits per heavy atom. The molecule has 0 N–H and O–H groups in total. The van der Waals surface area contributed by atoms with Crippen LogP contribution in [0, 0.1) is 37.3 Å². The first-order valence-corrected chi connectivity index (χ1v) is 15.9. The largest absolute Gasteiger partial charge is 1.00 e. The number of fused-ring (bicyclic) bond motifs is 3. The molecule has 0 aromatic heterocycles. The fourth-order valence-electron chi connectivity index (χ4n) is 5.34. The number of aryl methyl sites for hydroxylation is 2. The number of hydrogen-bond acceptors (Lipinski definition) is 0. The van der Waals surface area contributed by atoms with Crippen molar-refractivity contribution in [2.24, 2.45) is 11.3 Å². The van der Waals surface area contributed by atoms with Gasteiger partial charge in [-0.25, -0.2) is 5.57 Å². The minimum Gasteiger partial charge on any atom is -1.00 e. The quantitative estimate of drug-likeness (QED) is 0.250. The smallest absolute Gasteiger partial charge is 0.0253 e. The van der Waals surface area contributed by atoms with Gasteiger partial charge in [0.25, 0.3) is 0 Å². The van der Waals surface area contributed by atoms with Gasteiger partial charge in [-0.15, -0.1) is 5.56 Å². The van der Waals surface area contributed by atoms with Gasteiger partial charge in [0.1, 0.15) is 0 Å². The molecule has 43 heavy (non-hydrogen) atoms. The van der Waals surface area contributed by atoms with Crippen LogP contribution in [0.15, 0.2) is 108 Å². The first-order valence-electron chi connectivity index (χ1n) is 14.7. The maximum Gasteiger partial charge on any atom is -0.0253 e. The van der Waals surface area contributed by atoms with Crippen LogP contribution in [-0.2, 0) is 30.7 Å². The van der Waals surface area contributed by atoms with Crippen LogP contribution >= 0.6 is 0 Å². The molecule has 3 heteroatoms. The third-order valence-corrected chi connectivity index (χ3v) is 9.02. The molecule has 0 saturated heterocycles. The predicted octanol–water partition coefficient (Wildman–Crippen LogP) is 4.23. The molecule has 0 spiro atoms. The fourth-order valence-corrected chi connectivity index (χ4v) is 6.16. The number of halogens is 2. The summed E-state index contributed by atoms with van der Waals surface area (Å²) in [6, 6.07) is 35.6. The van der Waals surface area contributed by atoms with Crippen molar-refractivity contribution >= 4 is 3.21 Å². The van der Waals surface area contributed by atoms with E-state index in [-0.39, 0.29) is 24.8 Å². The molecule has 0 nitrogen and oxygen atoms in total. The minimum absolute atomic E-state index is 0. The van der Waals surface area contributed by atoms with E-state index in [0.29, 0.717) is 11.3 Å². The van der Waals surface area contributed by atoms with E-state index in [1.807, 2.05) is 6.07 Å². The van der Waals surface area contributed by atoms with Crippen molar-refractivity contribution in [3.8, 4) is 11.1 Å². The molecular formula is C40H42Cl2Zr-2. The van der Waals surface area contributed by atoms with E-state index in [0.717, 1.165) is 12.8 Å². The molecule has 1 unspecified atom stereocenters. The molecule has 4 aromatic rings. The summed E-state index contributed by atoms with van der Waals surface area (Å²) in [5.74, 6) is 0.522. The van der Waals surface area contributed by atoms with Crippen LogP contribution in [0.1, 0.15) is 74.4 Å². The molecule has 0 heterocycles. The molecule has 2 aliphatic rings. The molecule has 6 rings (SSSR count). The van der Waals surface area contributed by atoms with Crippen molar-refractivity contribution < 1.29 is 49.0 Å². The SMILES string of the molecule is CCC1=[C-]C(C)C=C1C(C)(C)C.Cc1ccc([C](=[Zr+2])c2ccc(C)cc2)cc1.[Cl-].[Cl-].[c-]1cccc2c1Cc1ccccc1-2. The fraction of sp³-hybridized carbons (Fsp3) is 0.275. The number of allylic oxidation sites excluding steroid dienone is 4. The summed E-state index contributed by atoms with van der Waals surface area (Å²) in [5.41, 5.74) is 14.0. The van der Waals surface area contributed by atoms with Crippen molar-refractivity contribution in [3.63, 3.8) is 0 Å². The van der Waals surface area contributed by atoms with E-state index >= 15 is 0 Å². The van der Waals surface area contributed by atoms with E-state index in [2.05, 4.69) is 152 Å². The van der Waals surface area contributed by atoms with Gasteiger partial charge in [-0.3, -0.25) is 6.08 Å². The third-order valence-electron chi connectivity index (χ3n) is 7.60. The van der Waals surface area contributed by atoms with Gasteiger partial charge in [-0.05, 0) is 6.42 Å². The Morgan fingerprint density at radius 1 is 0.791 bits per heavy atom. The van der Waals surface area contributed by atoms with Gasteiger partial charge in [0, 0.05) is 0 Å². The van der Waals surface area contributed by atoms with Crippen LogP contribution in [0.3, 0.4) is 0 Å². The second kappa shape index (κ2) is 16.7. The predicted molar refractivity (Wildman–Crippen MR) is 173 cm³/mol. The summed E-state index contributed by atoms with van der Waals surface area (Å²) >= 11 is 1.46. The normalized spacial score (nSPS) is 14.2. The van der Waals surface area contributed by atoms with Crippen LogP contribution < -0.4 is 24.8 Å². The van der Waals surface area contributed by atoms with Gasteiger partial charge >= 0.3 is 112 Å². The average molecular weight is 685 g/mol. The van der Waals surface area contributed by atoms with Crippen molar-refractivity contribution in [1.29, 1.82) is 0 Å². The zero-order valence-corrected chi connectivity index (χ0v) is 30.5. The Bertz CT molecular complexity index is 1460. The summed E-state index contributed by atoms with van der Waals surface area (Å²) in [7, 11) is 0. The molecular weight excluding hydrogens is 643 g/mol. The molecule has 1 atom stereocenters. The average Bonchev–Trinajstić information content (AvgIpc) is 3.54. The van der Waals surface area contributed by atoms with Gasteiger partial charge in [-0.1, -0.05) is 87.8 Å². The summed E-state index contributed by atoms with van der Waals surface area (Å²) < 4.78 is 1.42. The van der Waals surface area contributed by atoms with E-state index in [4.69, 9.17) is 0 Å². The molecule has 4 aromatic carbocycles. The molecule has 0 bridgehead atoms. The number of benzene rings is 4. The van der Waals surface area contributed by atoms with Gasteiger partial charge in [0.05, 0.1) is 0 Å². The van der Waals surface area contributed by atoms with E-state index in [1.165, 1.54) is 83.1 Å². The zero-order chi connectivity index (χ0) is 29.6. The Balaban J connectivity index is 0.000000222. The molecule has 222 valence electrons. The molecule has 0 aliphatic heterocycles. The standard InChI is InChI=1S/C15H14.C13H9.C12H19.2ClH.Zr/c1-12-3-7-14(8-4-12)11-15-9-5-13(2)6-10-15;1-3-7-12-10(5-1)9-11-6-2-4-8-13(11)12;1-6-10-7-9(2)8-11(10)12(3,4)5;;;/h3-10H,1-2H3;1-5,7-8H,9H2;8-9H,6H2,1-5H3;2*1H;/q;2*-1;;;+2/p-2. The first-order chi connectivity index (χ1) is 19.6. The third kappa shape index (κ3) is 9.84. The molecule has 0 radical (unpaired) electrons. The number of hydrogen-bond donors (Lipinski definition) is 0. The van der Waals surface area contributed by atoms with E-state index < -0.39 is 0 Å². The van der Waals surface area contributed by atoms with E-state index in [9.17, 15) is 0 Å². The summed E-state index contributed by atoms with van der Waals surface area (Å²) in [6.45, 7) is 15.5. The van der Waals surface area contributed by atoms with Crippen LogP contribution in [0.4, 0.5) is 0 Å². The Kier molecular flexibility index (Phi) is 14.3. The van der Waals surface area contributed by atoms with Gasteiger partial charge in [0.15, 0.2) is 0 Å². The summed E-state index contributed by atoms with van der Waals surface area (Å²) in [6.07, 6.45) is 8.00. The van der Waals surface area contributed by atoms with Gasteiger partial charge in [0.2, 0.25) is 0 Å². The topological polar surface area (TPSA) is 0 Å². The summed E-state index contributed by atoms with van der Waals surface area (Å²) in [5, 5.41) is 0. The molecule has 2 aliphatic carbocycles. The van der Waals surface area contributed by atoms with Crippen LogP contribution in [0.25, 0.3) is 11.1 Å². The Hall–Kier alpha value is -2.31. The van der Waals surface area contributed by atoms with Crippen molar-refractivity contribution in [2.75, 3.05) is 0 Å².